The van der Waals surface area contributed by atoms with Crippen LogP contribution in [-0.2, 0) is 9.53 Å². The van der Waals surface area contributed by atoms with Crippen LogP contribution in [0.4, 0.5) is 5.69 Å². The summed E-state index contributed by atoms with van der Waals surface area (Å²) in [6.07, 6.45) is 2.28. The minimum atomic E-state index is -0.853. The molecule has 1 heterocycles. The molecule has 2 rings (SSSR count). The average molecular weight is 288 g/mol. The van der Waals surface area contributed by atoms with Crippen LogP contribution >= 0.6 is 0 Å². The number of anilines is 1. The molecule has 1 aromatic heterocycles. The molecule has 21 heavy (non-hydrogen) atoms. The van der Waals surface area contributed by atoms with Crippen molar-refractivity contribution in [1.82, 2.24) is 4.98 Å². The number of ether oxygens (including phenoxy) is 2. The molecule has 0 bridgehead atoms. The normalized spacial score (nSPS) is 13.7. The maximum atomic E-state index is 12.4. The van der Waals surface area contributed by atoms with Gasteiger partial charge < -0.3 is 14.8 Å². The first-order valence-corrected chi connectivity index (χ1v) is 6.84. The highest BCUT2D eigenvalue weighted by Gasteiger charge is 2.31. The lowest BCUT2D eigenvalue weighted by Crippen LogP contribution is -2.41. The minimum absolute atomic E-state index is 0.178. The topological polar surface area (TPSA) is 60.5 Å². The van der Waals surface area contributed by atoms with E-state index in [0.717, 1.165) is 5.39 Å². The maximum absolute atomic E-state index is 12.4. The summed E-state index contributed by atoms with van der Waals surface area (Å²) < 4.78 is 10.6. The van der Waals surface area contributed by atoms with E-state index in [-0.39, 0.29) is 5.91 Å². The Hall–Kier alpha value is -2.14. The summed E-state index contributed by atoms with van der Waals surface area (Å²) in [6, 6.07) is 7.33. The highest BCUT2D eigenvalue weighted by Crippen LogP contribution is 2.30. The Kier molecular flexibility index (Phi) is 4.43. The summed E-state index contributed by atoms with van der Waals surface area (Å²) >= 11 is 0. The average Bonchev–Trinajstić information content (AvgIpc) is 2.54. The van der Waals surface area contributed by atoms with Crippen LogP contribution in [0.2, 0.25) is 0 Å². The van der Waals surface area contributed by atoms with Crippen LogP contribution in [-0.4, -0.2) is 30.7 Å². The van der Waals surface area contributed by atoms with Crippen molar-refractivity contribution in [3.8, 4) is 5.75 Å². The van der Waals surface area contributed by atoms with Gasteiger partial charge >= 0.3 is 0 Å². The molecule has 0 radical (unpaired) electrons. The van der Waals surface area contributed by atoms with Gasteiger partial charge in [-0.15, -0.1) is 0 Å². The Bertz CT molecular complexity index is 651. The molecule has 0 fully saturated rings. The minimum Gasteiger partial charge on any atom is -0.494 e. The maximum Gasteiger partial charge on any atom is 0.256 e. The molecular formula is C16H20N2O3. The molecule has 0 spiro atoms. The van der Waals surface area contributed by atoms with E-state index in [1.807, 2.05) is 25.1 Å². The number of hydrogen-bond donors (Lipinski definition) is 1. The first kappa shape index (κ1) is 15.3. The molecule has 2 aromatic rings. The molecule has 0 aliphatic rings. The molecule has 1 N–H and O–H groups in total. The molecule has 112 valence electrons. The van der Waals surface area contributed by atoms with E-state index in [9.17, 15) is 4.79 Å². The van der Waals surface area contributed by atoms with Crippen molar-refractivity contribution in [1.29, 1.82) is 0 Å². The fourth-order valence-electron chi connectivity index (χ4n) is 2.07. The molecular weight excluding hydrogens is 268 g/mol. The van der Waals surface area contributed by atoms with Gasteiger partial charge in [-0.05, 0) is 37.6 Å². The van der Waals surface area contributed by atoms with Gasteiger partial charge in [-0.2, -0.15) is 0 Å². The number of fused-ring (bicyclic) bond motifs is 1. The Morgan fingerprint density at radius 1 is 1.33 bits per heavy atom. The second-order valence-corrected chi connectivity index (χ2v) is 4.96. The van der Waals surface area contributed by atoms with Crippen molar-refractivity contribution < 1.29 is 14.3 Å². The van der Waals surface area contributed by atoms with E-state index in [1.165, 1.54) is 7.11 Å². The fraction of sp³-hybridized carbons (Fsp3) is 0.375. The lowest BCUT2D eigenvalue weighted by Gasteiger charge is -2.25. The van der Waals surface area contributed by atoms with E-state index in [0.29, 0.717) is 23.4 Å². The van der Waals surface area contributed by atoms with Crippen LogP contribution in [0.15, 0.2) is 30.5 Å². The Morgan fingerprint density at radius 2 is 2.10 bits per heavy atom. The van der Waals surface area contributed by atoms with Gasteiger partial charge in [-0.3, -0.25) is 9.78 Å². The number of benzene rings is 1. The lowest BCUT2D eigenvalue weighted by molar-refractivity contribution is -0.136. The van der Waals surface area contributed by atoms with Crippen molar-refractivity contribution in [2.45, 2.75) is 25.9 Å². The third-order valence-electron chi connectivity index (χ3n) is 3.81. The molecule has 0 aliphatic carbocycles. The van der Waals surface area contributed by atoms with Crippen molar-refractivity contribution in [3.05, 3.63) is 30.5 Å². The largest absolute Gasteiger partial charge is 0.494 e. The molecule has 0 aliphatic heterocycles. The third kappa shape index (κ3) is 2.83. The lowest BCUT2D eigenvalue weighted by atomic mass is 10.0. The smallest absolute Gasteiger partial charge is 0.256 e. The fourth-order valence-corrected chi connectivity index (χ4v) is 2.07. The summed E-state index contributed by atoms with van der Waals surface area (Å²) in [5, 5.41) is 3.75. The number of carbonyl (C=O) groups excluding carboxylic acids is 1. The Morgan fingerprint density at radius 3 is 2.71 bits per heavy atom. The highest BCUT2D eigenvalue weighted by molar-refractivity contribution is 6.05. The number of amides is 1. The van der Waals surface area contributed by atoms with Crippen LogP contribution in [0.3, 0.4) is 0 Å². The zero-order valence-electron chi connectivity index (χ0n) is 12.8. The first-order chi connectivity index (χ1) is 10.1. The van der Waals surface area contributed by atoms with Gasteiger partial charge in [-0.25, -0.2) is 0 Å². The van der Waals surface area contributed by atoms with E-state index < -0.39 is 5.60 Å². The molecule has 0 unspecified atom stereocenters. The van der Waals surface area contributed by atoms with Crippen LogP contribution in [0.5, 0.6) is 5.75 Å². The van der Waals surface area contributed by atoms with Gasteiger partial charge in [0.2, 0.25) is 0 Å². The first-order valence-electron chi connectivity index (χ1n) is 6.84. The summed E-state index contributed by atoms with van der Waals surface area (Å²) in [7, 11) is 3.14. The second kappa shape index (κ2) is 6.10. The highest BCUT2D eigenvalue weighted by atomic mass is 16.5. The van der Waals surface area contributed by atoms with Crippen molar-refractivity contribution in [2.24, 2.45) is 0 Å². The van der Waals surface area contributed by atoms with E-state index in [4.69, 9.17) is 9.47 Å². The predicted molar refractivity (Wildman–Crippen MR) is 82.6 cm³/mol. The van der Waals surface area contributed by atoms with Gasteiger partial charge in [0, 0.05) is 18.7 Å². The van der Waals surface area contributed by atoms with Gasteiger partial charge in [0.1, 0.15) is 16.9 Å². The zero-order chi connectivity index (χ0) is 15.5. The van der Waals surface area contributed by atoms with E-state index >= 15 is 0 Å². The van der Waals surface area contributed by atoms with Gasteiger partial charge in [0.25, 0.3) is 5.91 Å². The summed E-state index contributed by atoms with van der Waals surface area (Å²) in [4.78, 5) is 16.7. The summed E-state index contributed by atoms with van der Waals surface area (Å²) in [5.41, 5.74) is 0.558. The van der Waals surface area contributed by atoms with Crippen LogP contribution < -0.4 is 10.1 Å². The van der Waals surface area contributed by atoms with Gasteiger partial charge in [0.05, 0.1) is 12.8 Å². The number of methoxy groups -OCH3 is 2. The zero-order valence-corrected chi connectivity index (χ0v) is 12.8. The number of nitrogens with one attached hydrogen (secondary N) is 1. The second-order valence-electron chi connectivity index (χ2n) is 4.96. The molecule has 5 heteroatoms. The molecule has 1 atom stereocenters. The molecule has 1 aromatic carbocycles. The molecule has 0 saturated heterocycles. The summed E-state index contributed by atoms with van der Waals surface area (Å²) in [6.45, 7) is 3.68. The SMILES string of the molecule is CC[C@@](C)(OC)C(=O)Nc1ccc(OC)c2ncccc12. The standard InChI is InChI=1S/C16H20N2O3/c1-5-16(2,21-4)15(19)18-12-8-9-13(20-3)14-11(12)7-6-10-17-14/h6-10H,5H2,1-4H3,(H,18,19)/t16-/m1/s1. The number of carbonyl (C=O) groups is 1. The molecule has 0 saturated carbocycles. The number of rotatable bonds is 5. The van der Waals surface area contributed by atoms with Gasteiger partial charge in [0.15, 0.2) is 0 Å². The Balaban J connectivity index is 2.42. The van der Waals surface area contributed by atoms with E-state index in [1.54, 1.807) is 26.3 Å². The van der Waals surface area contributed by atoms with Crippen molar-refractivity contribution in [3.63, 3.8) is 0 Å². The summed E-state index contributed by atoms with van der Waals surface area (Å²) in [5.74, 6) is 0.497. The monoisotopic (exact) mass is 288 g/mol. The number of aromatic nitrogens is 1. The van der Waals surface area contributed by atoms with Crippen LogP contribution in [0.25, 0.3) is 10.9 Å². The van der Waals surface area contributed by atoms with Crippen molar-refractivity contribution in [2.75, 3.05) is 19.5 Å². The number of nitrogens with zero attached hydrogens (tertiary/aromatic N) is 1. The third-order valence-corrected chi connectivity index (χ3v) is 3.81. The predicted octanol–water partition coefficient (Wildman–Crippen LogP) is 3.00. The van der Waals surface area contributed by atoms with E-state index in [2.05, 4.69) is 10.3 Å². The van der Waals surface area contributed by atoms with Crippen LogP contribution in [0, 0.1) is 0 Å². The Labute approximate surface area is 124 Å². The molecule has 1 amide bonds. The van der Waals surface area contributed by atoms with Crippen molar-refractivity contribution >= 4 is 22.5 Å². The van der Waals surface area contributed by atoms with Crippen LogP contribution in [0.1, 0.15) is 20.3 Å². The quantitative estimate of drug-likeness (QED) is 0.918. The number of pyridine rings is 1. The molecule has 5 nitrogen and oxygen atoms in total. The number of hydrogen-bond acceptors (Lipinski definition) is 4. The van der Waals surface area contributed by atoms with Gasteiger partial charge in [-0.1, -0.05) is 6.92 Å².